The van der Waals surface area contributed by atoms with Gasteiger partial charge in [0.15, 0.2) is 0 Å². The molecule has 0 aromatic heterocycles. The molecule has 0 amide bonds. The molecule has 0 unspecified atom stereocenters. The van der Waals surface area contributed by atoms with Crippen LogP contribution >= 0.6 is 0 Å². The highest BCUT2D eigenvalue weighted by Gasteiger charge is 2.14. The quantitative estimate of drug-likeness (QED) is 0.718. The summed E-state index contributed by atoms with van der Waals surface area (Å²) in [6.45, 7) is 8.41. The molecule has 1 saturated heterocycles. The Morgan fingerprint density at radius 1 is 1.06 bits per heavy atom. The van der Waals surface area contributed by atoms with Gasteiger partial charge in [-0.2, -0.15) is 0 Å². The molecule has 0 bridgehead atoms. The Labute approximate surface area is 104 Å². The van der Waals surface area contributed by atoms with E-state index in [2.05, 4.69) is 49.1 Å². The Kier molecular flexibility index (Phi) is 3.58. The van der Waals surface area contributed by atoms with Gasteiger partial charge in [0, 0.05) is 37.9 Å². The summed E-state index contributed by atoms with van der Waals surface area (Å²) in [7, 11) is 0. The largest absolute Gasteiger partial charge is 0.368 e. The molecule has 90 valence electrons. The van der Waals surface area contributed by atoms with Gasteiger partial charge in [-0.3, -0.25) is 0 Å². The maximum atomic E-state index is 5.40. The van der Waals surface area contributed by atoms with Gasteiger partial charge >= 0.3 is 0 Å². The minimum atomic E-state index is 0.599. The van der Waals surface area contributed by atoms with E-state index in [1.807, 2.05) is 4.90 Å². The lowest BCUT2D eigenvalue weighted by molar-refractivity contribution is 0.369. The minimum absolute atomic E-state index is 0.599. The first-order chi connectivity index (χ1) is 8.20. The Balaban J connectivity index is 2.02. The summed E-state index contributed by atoms with van der Waals surface area (Å²) in [5.74, 6) is 0.599. The molecule has 1 heterocycles. The van der Waals surface area contributed by atoms with Gasteiger partial charge in [-0.15, -0.1) is 0 Å². The average molecular weight is 228 g/mol. The summed E-state index contributed by atoms with van der Waals surface area (Å²) in [5, 5.41) is 0. The lowest BCUT2D eigenvalue weighted by Gasteiger charge is -2.34. The Bertz CT molecular complexity index is 392. The second kappa shape index (κ2) is 5.14. The van der Waals surface area contributed by atoms with Gasteiger partial charge in [-0.05, 0) is 23.6 Å². The van der Waals surface area contributed by atoms with Gasteiger partial charge in [-0.1, -0.05) is 32.4 Å². The molecule has 17 heavy (non-hydrogen) atoms. The van der Waals surface area contributed by atoms with Crippen LogP contribution in [0.5, 0.6) is 0 Å². The normalized spacial score (nSPS) is 16.1. The molecule has 0 spiro atoms. The van der Waals surface area contributed by atoms with Crippen LogP contribution in [-0.2, 0) is 0 Å². The smallest absolute Gasteiger partial charge is 0.0437 e. The topological polar surface area (TPSA) is 6.48 Å². The van der Waals surface area contributed by atoms with Crippen LogP contribution in [0.1, 0.15) is 25.3 Å². The van der Waals surface area contributed by atoms with Gasteiger partial charge in [-0.25, -0.2) is 0 Å². The molecule has 1 aromatic carbocycles. The third-order valence-corrected chi connectivity index (χ3v) is 3.39. The second-order valence-corrected chi connectivity index (χ2v) is 4.85. The first-order valence-corrected chi connectivity index (χ1v) is 6.27. The van der Waals surface area contributed by atoms with E-state index in [1.54, 1.807) is 0 Å². The van der Waals surface area contributed by atoms with Crippen molar-refractivity contribution in [3.8, 4) is 12.5 Å². The summed E-state index contributed by atoms with van der Waals surface area (Å²) in [6, 6.07) is 11.6. The third kappa shape index (κ3) is 2.74. The summed E-state index contributed by atoms with van der Waals surface area (Å²) >= 11 is 0. The van der Waals surface area contributed by atoms with E-state index in [0.717, 1.165) is 26.2 Å². The van der Waals surface area contributed by atoms with Crippen LogP contribution in [0.3, 0.4) is 0 Å². The van der Waals surface area contributed by atoms with E-state index in [9.17, 15) is 0 Å². The van der Waals surface area contributed by atoms with Gasteiger partial charge < -0.3 is 9.80 Å². The maximum absolute atomic E-state index is 5.40. The zero-order valence-corrected chi connectivity index (χ0v) is 10.7. The molecule has 0 N–H and O–H groups in total. The highest BCUT2D eigenvalue weighted by atomic mass is 15.2. The SMILES string of the molecule is C#CN1CCN(c2ccc(C(C)C)cc2)CC1. The van der Waals surface area contributed by atoms with Crippen molar-refractivity contribution in [1.29, 1.82) is 0 Å². The lowest BCUT2D eigenvalue weighted by Crippen LogP contribution is -2.44. The van der Waals surface area contributed by atoms with Crippen molar-refractivity contribution in [2.45, 2.75) is 19.8 Å². The van der Waals surface area contributed by atoms with Gasteiger partial charge in [0.1, 0.15) is 0 Å². The Morgan fingerprint density at radius 2 is 1.65 bits per heavy atom. The molecule has 2 rings (SSSR count). The highest BCUT2D eigenvalue weighted by molar-refractivity contribution is 5.48. The van der Waals surface area contributed by atoms with Crippen molar-refractivity contribution in [1.82, 2.24) is 4.90 Å². The standard InChI is InChI=1S/C15H20N2/c1-4-16-9-11-17(12-10-16)15-7-5-14(6-8-15)13(2)3/h1,5-8,13H,9-12H2,2-3H3. The highest BCUT2D eigenvalue weighted by Crippen LogP contribution is 2.20. The number of nitrogens with zero attached hydrogens (tertiary/aromatic N) is 2. The summed E-state index contributed by atoms with van der Waals surface area (Å²) in [6.07, 6.45) is 5.40. The summed E-state index contributed by atoms with van der Waals surface area (Å²) in [5.41, 5.74) is 2.71. The number of hydrogen-bond acceptors (Lipinski definition) is 2. The van der Waals surface area contributed by atoms with Crippen LogP contribution in [0.2, 0.25) is 0 Å². The summed E-state index contributed by atoms with van der Waals surface area (Å²) < 4.78 is 0. The van der Waals surface area contributed by atoms with Crippen molar-refractivity contribution in [2.24, 2.45) is 0 Å². The monoisotopic (exact) mass is 228 g/mol. The number of terminal acetylenes is 1. The lowest BCUT2D eigenvalue weighted by atomic mass is 10.0. The van der Waals surface area contributed by atoms with E-state index in [4.69, 9.17) is 6.42 Å². The molecule has 0 atom stereocenters. The van der Waals surface area contributed by atoms with Crippen molar-refractivity contribution in [2.75, 3.05) is 31.1 Å². The predicted molar refractivity (Wildman–Crippen MR) is 73.2 cm³/mol. The van der Waals surface area contributed by atoms with E-state index < -0.39 is 0 Å². The molecular formula is C15H20N2. The van der Waals surface area contributed by atoms with Crippen molar-refractivity contribution in [3.05, 3.63) is 29.8 Å². The fourth-order valence-corrected chi connectivity index (χ4v) is 2.16. The molecule has 0 aliphatic carbocycles. The molecule has 1 fully saturated rings. The Hall–Kier alpha value is -1.62. The van der Waals surface area contributed by atoms with Crippen molar-refractivity contribution < 1.29 is 0 Å². The van der Waals surface area contributed by atoms with Gasteiger partial charge in [0.05, 0.1) is 0 Å². The van der Waals surface area contributed by atoms with E-state index in [0.29, 0.717) is 5.92 Å². The van der Waals surface area contributed by atoms with Crippen molar-refractivity contribution >= 4 is 5.69 Å². The van der Waals surface area contributed by atoms with Crippen LogP contribution in [0.25, 0.3) is 0 Å². The fourth-order valence-electron chi connectivity index (χ4n) is 2.16. The minimum Gasteiger partial charge on any atom is -0.368 e. The number of rotatable bonds is 2. The average Bonchev–Trinajstić information content (AvgIpc) is 2.39. The van der Waals surface area contributed by atoms with E-state index in [-0.39, 0.29) is 0 Å². The van der Waals surface area contributed by atoms with Crippen LogP contribution in [-0.4, -0.2) is 31.1 Å². The maximum Gasteiger partial charge on any atom is 0.0437 e. The molecular weight excluding hydrogens is 208 g/mol. The number of anilines is 1. The first kappa shape index (κ1) is 11.9. The van der Waals surface area contributed by atoms with Crippen molar-refractivity contribution in [3.63, 3.8) is 0 Å². The first-order valence-electron chi connectivity index (χ1n) is 6.27. The third-order valence-electron chi connectivity index (χ3n) is 3.39. The molecule has 0 radical (unpaired) electrons. The summed E-state index contributed by atoms with van der Waals surface area (Å²) in [4.78, 5) is 4.44. The number of piperazine rings is 1. The van der Waals surface area contributed by atoms with Crippen LogP contribution < -0.4 is 4.90 Å². The van der Waals surface area contributed by atoms with Gasteiger partial charge in [0.25, 0.3) is 0 Å². The molecule has 0 saturated carbocycles. The zero-order valence-electron chi connectivity index (χ0n) is 10.7. The predicted octanol–water partition coefficient (Wildman–Crippen LogP) is 2.52. The van der Waals surface area contributed by atoms with Gasteiger partial charge in [0.2, 0.25) is 0 Å². The molecule has 2 nitrogen and oxygen atoms in total. The fraction of sp³-hybridized carbons (Fsp3) is 0.467. The molecule has 2 heteroatoms. The zero-order chi connectivity index (χ0) is 12.3. The molecule has 1 aliphatic heterocycles. The Morgan fingerprint density at radius 3 is 2.12 bits per heavy atom. The van der Waals surface area contributed by atoms with E-state index >= 15 is 0 Å². The number of benzene rings is 1. The van der Waals surface area contributed by atoms with Crippen LogP contribution in [0, 0.1) is 12.5 Å². The number of hydrogen-bond donors (Lipinski definition) is 0. The molecule has 1 aliphatic rings. The van der Waals surface area contributed by atoms with E-state index in [1.165, 1.54) is 11.3 Å². The second-order valence-electron chi connectivity index (χ2n) is 4.85. The molecule has 1 aromatic rings. The van der Waals surface area contributed by atoms with Crippen LogP contribution in [0.15, 0.2) is 24.3 Å². The van der Waals surface area contributed by atoms with Crippen LogP contribution in [0.4, 0.5) is 5.69 Å².